The maximum Gasteiger partial charge on any atom is 0.253 e. The van der Waals surface area contributed by atoms with Crippen LogP contribution in [0.4, 0.5) is 0 Å². The van der Waals surface area contributed by atoms with Crippen molar-refractivity contribution in [3.8, 4) is 0 Å². The van der Waals surface area contributed by atoms with Gasteiger partial charge in [0.1, 0.15) is 0 Å². The SMILES string of the molecule is O=C(c1ccccc1)N1CCC2(CC1)CO[C@@H](CN1CCC[C@H](O)C1)C2. The Labute approximate surface area is 155 Å². The van der Waals surface area contributed by atoms with Gasteiger partial charge in [-0.3, -0.25) is 9.69 Å². The number of benzene rings is 1. The number of amides is 1. The highest BCUT2D eigenvalue weighted by Crippen LogP contribution is 2.42. The molecule has 0 saturated carbocycles. The molecule has 4 rings (SSSR count). The molecular formula is C21H30N2O3. The van der Waals surface area contributed by atoms with Crippen LogP contribution < -0.4 is 0 Å². The summed E-state index contributed by atoms with van der Waals surface area (Å²) in [6.45, 7) is 5.26. The third-order valence-electron chi connectivity index (χ3n) is 6.36. The number of hydrogen-bond donors (Lipinski definition) is 1. The van der Waals surface area contributed by atoms with Crippen molar-refractivity contribution in [1.82, 2.24) is 9.80 Å². The number of hydrogen-bond acceptors (Lipinski definition) is 4. The summed E-state index contributed by atoms with van der Waals surface area (Å²) in [4.78, 5) is 17.0. The van der Waals surface area contributed by atoms with E-state index < -0.39 is 0 Å². The van der Waals surface area contributed by atoms with E-state index in [0.29, 0.717) is 0 Å². The predicted molar refractivity (Wildman–Crippen MR) is 100 cm³/mol. The molecule has 3 saturated heterocycles. The van der Waals surface area contributed by atoms with Crippen molar-refractivity contribution in [1.29, 1.82) is 0 Å². The summed E-state index contributed by atoms with van der Waals surface area (Å²) in [5, 5.41) is 9.85. The van der Waals surface area contributed by atoms with Crippen LogP contribution in [0.15, 0.2) is 30.3 Å². The lowest BCUT2D eigenvalue weighted by Gasteiger charge is -2.38. The van der Waals surface area contributed by atoms with Crippen molar-refractivity contribution in [2.75, 3.05) is 39.3 Å². The minimum Gasteiger partial charge on any atom is -0.392 e. The molecule has 2 atom stereocenters. The first-order chi connectivity index (χ1) is 12.6. The molecule has 1 spiro atoms. The van der Waals surface area contributed by atoms with Gasteiger partial charge in [0, 0.05) is 31.7 Å². The Morgan fingerprint density at radius 3 is 2.69 bits per heavy atom. The molecule has 142 valence electrons. The van der Waals surface area contributed by atoms with Gasteiger partial charge in [0.15, 0.2) is 0 Å². The average molecular weight is 358 g/mol. The summed E-state index contributed by atoms with van der Waals surface area (Å²) in [6.07, 6.45) is 5.26. The van der Waals surface area contributed by atoms with Crippen molar-refractivity contribution in [3.05, 3.63) is 35.9 Å². The van der Waals surface area contributed by atoms with E-state index in [4.69, 9.17) is 4.74 Å². The summed E-state index contributed by atoms with van der Waals surface area (Å²) >= 11 is 0. The first-order valence-electron chi connectivity index (χ1n) is 10.00. The fourth-order valence-electron chi connectivity index (χ4n) is 4.79. The highest BCUT2D eigenvalue weighted by atomic mass is 16.5. The standard InChI is InChI=1S/C21H30N2O3/c24-18-7-4-10-22(14-18)15-19-13-21(16-26-19)8-11-23(12-9-21)20(25)17-5-2-1-3-6-17/h1-3,5-6,18-19,24H,4,7-16H2/t18-,19+/m0/s1. The summed E-state index contributed by atoms with van der Waals surface area (Å²) in [5.41, 5.74) is 1.03. The van der Waals surface area contributed by atoms with Gasteiger partial charge in [-0.25, -0.2) is 0 Å². The lowest BCUT2D eigenvalue weighted by atomic mass is 9.76. The molecule has 3 fully saturated rings. The van der Waals surface area contributed by atoms with E-state index in [1.54, 1.807) is 0 Å². The molecule has 1 N–H and O–H groups in total. The van der Waals surface area contributed by atoms with Crippen molar-refractivity contribution in [3.63, 3.8) is 0 Å². The third kappa shape index (κ3) is 3.95. The van der Waals surface area contributed by atoms with Gasteiger partial charge < -0.3 is 14.7 Å². The van der Waals surface area contributed by atoms with Crippen LogP contribution in [0.3, 0.4) is 0 Å². The highest BCUT2D eigenvalue weighted by Gasteiger charge is 2.43. The molecular weight excluding hydrogens is 328 g/mol. The Bertz CT molecular complexity index is 613. The number of aliphatic hydroxyl groups excluding tert-OH is 1. The molecule has 0 bridgehead atoms. The minimum absolute atomic E-state index is 0.151. The summed E-state index contributed by atoms with van der Waals surface area (Å²) in [5.74, 6) is 0.151. The van der Waals surface area contributed by atoms with Gasteiger partial charge in [0.2, 0.25) is 0 Å². The lowest BCUT2D eigenvalue weighted by molar-refractivity contribution is 0.0227. The quantitative estimate of drug-likeness (QED) is 0.900. The van der Waals surface area contributed by atoms with E-state index >= 15 is 0 Å². The Hall–Kier alpha value is -1.43. The summed E-state index contributed by atoms with van der Waals surface area (Å²) in [7, 11) is 0. The molecule has 3 aliphatic rings. The molecule has 1 aromatic rings. The van der Waals surface area contributed by atoms with Crippen molar-refractivity contribution in [2.45, 2.75) is 44.3 Å². The van der Waals surface area contributed by atoms with Gasteiger partial charge in [-0.15, -0.1) is 0 Å². The van der Waals surface area contributed by atoms with Crippen molar-refractivity contribution >= 4 is 5.91 Å². The van der Waals surface area contributed by atoms with Gasteiger partial charge in [-0.2, -0.15) is 0 Å². The number of β-amino-alcohol motifs (C(OH)–C–C–N with tert-alkyl or cyclic N) is 1. The predicted octanol–water partition coefficient (Wildman–Crippen LogP) is 2.15. The number of aliphatic hydroxyl groups is 1. The van der Waals surface area contributed by atoms with Gasteiger partial charge in [-0.05, 0) is 56.2 Å². The van der Waals surface area contributed by atoms with Crippen LogP contribution in [-0.4, -0.2) is 72.4 Å². The molecule has 1 amide bonds. The number of carbonyl (C=O) groups is 1. The zero-order valence-electron chi connectivity index (χ0n) is 15.5. The lowest BCUT2D eigenvalue weighted by Crippen LogP contribution is -2.44. The number of ether oxygens (including phenoxy) is 1. The fourth-order valence-corrected chi connectivity index (χ4v) is 4.79. The smallest absolute Gasteiger partial charge is 0.253 e. The third-order valence-corrected chi connectivity index (χ3v) is 6.36. The van der Waals surface area contributed by atoms with Crippen LogP contribution in [0, 0.1) is 5.41 Å². The molecule has 5 nitrogen and oxygen atoms in total. The highest BCUT2D eigenvalue weighted by molar-refractivity contribution is 5.94. The largest absolute Gasteiger partial charge is 0.392 e. The van der Waals surface area contributed by atoms with Crippen molar-refractivity contribution in [2.24, 2.45) is 5.41 Å². The van der Waals surface area contributed by atoms with E-state index in [2.05, 4.69) is 4.90 Å². The monoisotopic (exact) mass is 358 g/mol. The van der Waals surface area contributed by atoms with E-state index in [1.807, 2.05) is 35.2 Å². The molecule has 0 radical (unpaired) electrons. The van der Waals surface area contributed by atoms with Crippen LogP contribution in [0.2, 0.25) is 0 Å². The number of nitrogens with zero attached hydrogens (tertiary/aromatic N) is 2. The second kappa shape index (κ2) is 7.67. The van der Waals surface area contributed by atoms with E-state index in [9.17, 15) is 9.90 Å². The Morgan fingerprint density at radius 2 is 1.96 bits per heavy atom. The first kappa shape index (κ1) is 18.0. The van der Waals surface area contributed by atoms with Gasteiger partial charge in [0.25, 0.3) is 5.91 Å². The number of rotatable bonds is 3. The molecule has 5 heteroatoms. The minimum atomic E-state index is -0.175. The topological polar surface area (TPSA) is 53.0 Å². The maximum atomic E-state index is 12.6. The zero-order valence-corrected chi connectivity index (χ0v) is 15.5. The first-order valence-corrected chi connectivity index (χ1v) is 10.00. The normalized spacial score (nSPS) is 29.2. The molecule has 3 heterocycles. The van der Waals surface area contributed by atoms with E-state index in [-0.39, 0.29) is 23.5 Å². The van der Waals surface area contributed by atoms with Gasteiger partial charge in [-0.1, -0.05) is 18.2 Å². The zero-order chi connectivity index (χ0) is 18.0. The Morgan fingerprint density at radius 1 is 1.19 bits per heavy atom. The average Bonchev–Trinajstić information content (AvgIpc) is 3.04. The number of carbonyl (C=O) groups excluding carboxylic acids is 1. The maximum absolute atomic E-state index is 12.6. The summed E-state index contributed by atoms with van der Waals surface area (Å²) in [6, 6.07) is 9.58. The second-order valence-corrected chi connectivity index (χ2v) is 8.35. The molecule has 0 aromatic heterocycles. The second-order valence-electron chi connectivity index (χ2n) is 8.35. The van der Waals surface area contributed by atoms with Crippen LogP contribution in [-0.2, 0) is 4.74 Å². The molecule has 3 aliphatic heterocycles. The molecule has 26 heavy (non-hydrogen) atoms. The van der Waals surface area contributed by atoms with Crippen LogP contribution in [0.1, 0.15) is 42.5 Å². The van der Waals surface area contributed by atoms with Crippen LogP contribution in [0.5, 0.6) is 0 Å². The van der Waals surface area contributed by atoms with E-state index in [1.165, 1.54) is 0 Å². The van der Waals surface area contributed by atoms with E-state index in [0.717, 1.165) is 77.0 Å². The van der Waals surface area contributed by atoms with Gasteiger partial charge >= 0.3 is 0 Å². The van der Waals surface area contributed by atoms with Crippen LogP contribution >= 0.6 is 0 Å². The number of likely N-dealkylation sites (tertiary alicyclic amines) is 2. The Balaban J connectivity index is 1.28. The van der Waals surface area contributed by atoms with Crippen molar-refractivity contribution < 1.29 is 14.6 Å². The Kier molecular flexibility index (Phi) is 5.30. The number of piperidine rings is 2. The molecule has 0 unspecified atom stereocenters. The van der Waals surface area contributed by atoms with Gasteiger partial charge in [0.05, 0.1) is 18.8 Å². The summed E-state index contributed by atoms with van der Waals surface area (Å²) < 4.78 is 6.14. The molecule has 1 aromatic carbocycles. The fraction of sp³-hybridized carbons (Fsp3) is 0.667. The van der Waals surface area contributed by atoms with Crippen LogP contribution in [0.25, 0.3) is 0 Å². The molecule has 0 aliphatic carbocycles.